The number of hydrogen-bond acceptors (Lipinski definition) is 3. The number of rotatable bonds is 4. The second-order valence-corrected chi connectivity index (χ2v) is 5.25. The third kappa shape index (κ3) is 5.39. The second-order valence-electron chi connectivity index (χ2n) is 5.25. The SMILES string of the molecule is COC(=O)NC(Cc1c[nH]c2ccccc12)C(=O)O.c1ccccc1. The molecule has 1 amide bonds. The number of nitrogens with one attached hydrogen (secondary N) is 2. The predicted octanol–water partition coefficient (Wildman–Crippen LogP) is 3.21. The molecule has 1 unspecified atom stereocenters. The van der Waals surface area contributed by atoms with E-state index in [4.69, 9.17) is 5.11 Å². The molecule has 0 fully saturated rings. The number of hydrogen-bond donors (Lipinski definition) is 3. The van der Waals surface area contributed by atoms with E-state index in [0.717, 1.165) is 16.5 Å². The van der Waals surface area contributed by atoms with E-state index in [1.807, 2.05) is 60.7 Å². The highest BCUT2D eigenvalue weighted by Gasteiger charge is 2.21. The number of carbonyl (C=O) groups excluding carboxylic acids is 1. The highest BCUT2D eigenvalue weighted by atomic mass is 16.5. The minimum Gasteiger partial charge on any atom is -0.480 e. The van der Waals surface area contributed by atoms with Crippen LogP contribution in [0.2, 0.25) is 0 Å². The van der Waals surface area contributed by atoms with Crippen molar-refractivity contribution in [3.05, 3.63) is 72.4 Å². The fourth-order valence-electron chi connectivity index (χ4n) is 2.31. The molecule has 1 aromatic heterocycles. The van der Waals surface area contributed by atoms with Crippen LogP contribution < -0.4 is 5.32 Å². The van der Waals surface area contributed by atoms with E-state index >= 15 is 0 Å². The van der Waals surface area contributed by atoms with Crippen molar-refractivity contribution in [3.63, 3.8) is 0 Å². The van der Waals surface area contributed by atoms with Crippen molar-refractivity contribution < 1.29 is 19.4 Å². The van der Waals surface area contributed by atoms with Crippen LogP contribution in [0.25, 0.3) is 10.9 Å². The smallest absolute Gasteiger partial charge is 0.407 e. The quantitative estimate of drug-likeness (QED) is 0.680. The third-order valence-electron chi connectivity index (χ3n) is 3.54. The van der Waals surface area contributed by atoms with Crippen LogP contribution in [0.5, 0.6) is 0 Å². The first kappa shape index (κ1) is 18.1. The second kappa shape index (κ2) is 9.12. The number of carbonyl (C=O) groups is 2. The Labute approximate surface area is 145 Å². The van der Waals surface area contributed by atoms with E-state index in [2.05, 4.69) is 15.0 Å². The number of benzene rings is 2. The molecular formula is C19H20N2O4. The van der Waals surface area contributed by atoms with Gasteiger partial charge in [-0.2, -0.15) is 0 Å². The van der Waals surface area contributed by atoms with Crippen molar-refractivity contribution in [1.29, 1.82) is 0 Å². The first-order chi connectivity index (χ1) is 12.1. The molecule has 3 aromatic rings. The number of aromatic amines is 1. The van der Waals surface area contributed by atoms with Gasteiger partial charge in [0.1, 0.15) is 6.04 Å². The molecule has 0 aliphatic rings. The molecular weight excluding hydrogens is 320 g/mol. The molecule has 0 bridgehead atoms. The Kier molecular flexibility index (Phi) is 6.59. The van der Waals surface area contributed by atoms with Gasteiger partial charge in [0.25, 0.3) is 0 Å². The van der Waals surface area contributed by atoms with Gasteiger partial charge in [0.2, 0.25) is 0 Å². The van der Waals surface area contributed by atoms with Crippen molar-refractivity contribution >= 4 is 23.0 Å². The van der Waals surface area contributed by atoms with Crippen molar-refractivity contribution in [2.24, 2.45) is 0 Å². The van der Waals surface area contributed by atoms with Crippen LogP contribution in [0.1, 0.15) is 5.56 Å². The van der Waals surface area contributed by atoms with Crippen molar-refractivity contribution in [2.75, 3.05) is 7.11 Å². The van der Waals surface area contributed by atoms with Gasteiger partial charge in [-0.3, -0.25) is 0 Å². The van der Waals surface area contributed by atoms with Gasteiger partial charge in [-0.05, 0) is 11.6 Å². The standard InChI is InChI=1S/C13H14N2O4.C6H6/c1-19-13(18)15-11(12(16)17)6-8-7-14-10-5-3-2-4-9(8)10;1-2-4-6-5-3-1/h2-5,7,11,14H,6H2,1H3,(H,15,18)(H,16,17);1-6H. The van der Waals surface area contributed by atoms with Crippen LogP contribution in [0.3, 0.4) is 0 Å². The number of carboxylic acids is 1. The maximum atomic E-state index is 11.1. The number of amides is 1. The lowest BCUT2D eigenvalue weighted by Crippen LogP contribution is -2.42. The number of alkyl carbamates (subject to hydrolysis) is 1. The van der Waals surface area contributed by atoms with Gasteiger partial charge in [-0.25, -0.2) is 9.59 Å². The van der Waals surface area contributed by atoms with Gasteiger partial charge in [0.15, 0.2) is 0 Å². The maximum absolute atomic E-state index is 11.1. The summed E-state index contributed by atoms with van der Waals surface area (Å²) in [5, 5.41) is 12.3. The van der Waals surface area contributed by atoms with Crippen molar-refractivity contribution in [1.82, 2.24) is 10.3 Å². The molecule has 0 saturated carbocycles. The summed E-state index contributed by atoms with van der Waals surface area (Å²) >= 11 is 0. The van der Waals surface area contributed by atoms with Gasteiger partial charge in [0.05, 0.1) is 7.11 Å². The number of para-hydroxylation sites is 1. The molecule has 25 heavy (non-hydrogen) atoms. The number of fused-ring (bicyclic) bond motifs is 1. The zero-order valence-corrected chi connectivity index (χ0v) is 13.8. The Morgan fingerprint density at radius 1 is 1.08 bits per heavy atom. The summed E-state index contributed by atoms with van der Waals surface area (Å²) in [6, 6.07) is 18.6. The monoisotopic (exact) mass is 340 g/mol. The van der Waals surface area contributed by atoms with E-state index in [9.17, 15) is 9.59 Å². The minimum atomic E-state index is -1.10. The van der Waals surface area contributed by atoms with E-state index in [0.29, 0.717) is 0 Å². The lowest BCUT2D eigenvalue weighted by atomic mass is 10.1. The zero-order valence-electron chi connectivity index (χ0n) is 13.8. The molecule has 0 saturated heterocycles. The van der Waals surface area contributed by atoms with Crippen LogP contribution in [0.4, 0.5) is 4.79 Å². The molecule has 6 heteroatoms. The summed E-state index contributed by atoms with van der Waals surface area (Å²) in [7, 11) is 1.19. The van der Waals surface area contributed by atoms with E-state index in [-0.39, 0.29) is 6.42 Å². The minimum absolute atomic E-state index is 0.189. The summed E-state index contributed by atoms with van der Waals surface area (Å²) in [6.45, 7) is 0. The lowest BCUT2D eigenvalue weighted by molar-refractivity contribution is -0.139. The molecule has 6 nitrogen and oxygen atoms in total. The molecule has 3 rings (SSSR count). The topological polar surface area (TPSA) is 91.4 Å². The fourth-order valence-corrected chi connectivity index (χ4v) is 2.31. The first-order valence-electron chi connectivity index (χ1n) is 7.74. The molecule has 3 N–H and O–H groups in total. The van der Waals surface area contributed by atoms with E-state index < -0.39 is 18.1 Å². The highest BCUT2D eigenvalue weighted by Crippen LogP contribution is 2.19. The van der Waals surface area contributed by atoms with Crippen LogP contribution in [0, 0.1) is 0 Å². The van der Waals surface area contributed by atoms with Crippen molar-refractivity contribution in [3.8, 4) is 0 Å². The number of ether oxygens (including phenoxy) is 1. The number of carboxylic acid groups (broad SMARTS) is 1. The molecule has 1 heterocycles. The predicted molar refractivity (Wildman–Crippen MR) is 95.4 cm³/mol. The van der Waals surface area contributed by atoms with Gasteiger partial charge in [-0.1, -0.05) is 54.6 Å². The van der Waals surface area contributed by atoms with Crippen LogP contribution in [0.15, 0.2) is 66.9 Å². The number of H-pyrrole nitrogens is 1. The average Bonchev–Trinajstić information content (AvgIpc) is 3.06. The van der Waals surface area contributed by atoms with Crippen LogP contribution in [-0.4, -0.2) is 35.3 Å². The lowest BCUT2D eigenvalue weighted by Gasteiger charge is -2.12. The summed E-state index contributed by atoms with van der Waals surface area (Å²) in [6.07, 6.45) is 1.18. The Morgan fingerprint density at radius 2 is 1.68 bits per heavy atom. The first-order valence-corrected chi connectivity index (χ1v) is 7.74. The molecule has 0 aliphatic carbocycles. The summed E-state index contributed by atoms with van der Waals surface area (Å²) < 4.78 is 4.42. The fraction of sp³-hybridized carbons (Fsp3) is 0.158. The largest absolute Gasteiger partial charge is 0.480 e. The van der Waals surface area contributed by atoms with Gasteiger partial charge in [0, 0.05) is 23.5 Å². The molecule has 130 valence electrons. The Morgan fingerprint density at radius 3 is 2.24 bits per heavy atom. The number of aliphatic carboxylic acids is 1. The Balaban J connectivity index is 0.000000316. The molecule has 0 radical (unpaired) electrons. The van der Waals surface area contributed by atoms with Crippen LogP contribution >= 0.6 is 0 Å². The zero-order chi connectivity index (χ0) is 18.1. The van der Waals surface area contributed by atoms with E-state index in [1.54, 1.807) is 6.20 Å². The molecule has 0 spiro atoms. The Hall–Kier alpha value is -3.28. The maximum Gasteiger partial charge on any atom is 0.407 e. The van der Waals surface area contributed by atoms with Gasteiger partial charge in [-0.15, -0.1) is 0 Å². The summed E-state index contributed by atoms with van der Waals surface area (Å²) in [5.41, 5.74) is 1.76. The Bertz CT molecular complexity index is 788. The normalized spacial score (nSPS) is 11.1. The van der Waals surface area contributed by atoms with Crippen LogP contribution in [-0.2, 0) is 16.0 Å². The molecule has 2 aromatic carbocycles. The van der Waals surface area contributed by atoms with Gasteiger partial charge < -0.3 is 20.1 Å². The van der Waals surface area contributed by atoms with E-state index in [1.165, 1.54) is 7.11 Å². The van der Waals surface area contributed by atoms with Crippen molar-refractivity contribution in [2.45, 2.75) is 12.5 Å². The molecule has 1 atom stereocenters. The summed E-state index contributed by atoms with van der Waals surface area (Å²) in [4.78, 5) is 25.3. The van der Waals surface area contributed by atoms with Gasteiger partial charge >= 0.3 is 12.1 Å². The molecule has 0 aliphatic heterocycles. The summed E-state index contributed by atoms with van der Waals surface area (Å²) in [5.74, 6) is -1.10. The number of methoxy groups -OCH3 is 1. The highest BCUT2D eigenvalue weighted by molar-refractivity contribution is 5.85. The average molecular weight is 340 g/mol. The number of aromatic nitrogens is 1. The third-order valence-corrected chi connectivity index (χ3v) is 3.54.